The van der Waals surface area contributed by atoms with Crippen LogP contribution >= 0.6 is 11.8 Å². The highest BCUT2D eigenvalue weighted by Crippen LogP contribution is 2.15. The molecule has 7 heteroatoms. The van der Waals surface area contributed by atoms with Gasteiger partial charge in [0.15, 0.2) is 0 Å². The summed E-state index contributed by atoms with van der Waals surface area (Å²) in [6.07, 6.45) is 2.77. The van der Waals surface area contributed by atoms with Crippen molar-refractivity contribution in [3.63, 3.8) is 0 Å². The fourth-order valence-electron chi connectivity index (χ4n) is 2.65. The molecule has 0 saturated heterocycles. The van der Waals surface area contributed by atoms with Crippen molar-refractivity contribution in [2.75, 3.05) is 18.6 Å². The summed E-state index contributed by atoms with van der Waals surface area (Å²) in [5.41, 5.74) is 0.422. The van der Waals surface area contributed by atoms with Crippen LogP contribution < -0.4 is 10.9 Å². The van der Waals surface area contributed by atoms with Crippen LogP contribution in [0.1, 0.15) is 32.0 Å². The minimum absolute atomic E-state index is 0.0727. The third-order valence-corrected chi connectivity index (χ3v) is 4.62. The zero-order valence-electron chi connectivity index (χ0n) is 14.9. The number of aliphatic hydroxyl groups is 1. The second-order valence-corrected chi connectivity index (χ2v) is 7.23. The van der Waals surface area contributed by atoms with E-state index in [1.807, 2.05) is 38.3 Å². The quantitative estimate of drug-likeness (QED) is 0.746. The van der Waals surface area contributed by atoms with Gasteiger partial charge in [-0.2, -0.15) is 16.9 Å². The average Bonchev–Trinajstić information content (AvgIpc) is 2.60. The Morgan fingerprint density at radius 3 is 2.60 bits per heavy atom. The average molecular weight is 363 g/mol. The Morgan fingerprint density at radius 2 is 2.00 bits per heavy atom. The van der Waals surface area contributed by atoms with E-state index in [-0.39, 0.29) is 36.6 Å². The molecule has 0 aliphatic rings. The molecule has 136 valence electrons. The topological polar surface area (TPSA) is 84.2 Å². The van der Waals surface area contributed by atoms with Gasteiger partial charge in [0.05, 0.1) is 36.2 Å². The highest BCUT2D eigenvalue weighted by Gasteiger charge is 2.17. The number of rotatable bonds is 8. The minimum Gasteiger partial charge on any atom is -0.394 e. The SMILES string of the molecule is CSCC[C@H](CO)NC(=O)Cc1nn(C(C)C)c(=O)c2ccccc12. The molecule has 1 aromatic carbocycles. The highest BCUT2D eigenvalue weighted by atomic mass is 32.2. The Labute approximate surface area is 151 Å². The van der Waals surface area contributed by atoms with Crippen molar-refractivity contribution in [3.8, 4) is 0 Å². The minimum atomic E-state index is -0.262. The van der Waals surface area contributed by atoms with Crippen LogP contribution in [0.5, 0.6) is 0 Å². The van der Waals surface area contributed by atoms with Gasteiger partial charge in [-0.1, -0.05) is 18.2 Å². The molecular weight excluding hydrogens is 338 g/mol. The van der Waals surface area contributed by atoms with Crippen LogP contribution in [0.2, 0.25) is 0 Å². The number of nitrogens with zero attached hydrogens (tertiary/aromatic N) is 2. The maximum atomic E-state index is 12.5. The van der Waals surface area contributed by atoms with Gasteiger partial charge in [0.1, 0.15) is 0 Å². The van der Waals surface area contributed by atoms with E-state index in [0.29, 0.717) is 22.9 Å². The number of carbonyl (C=O) groups is 1. The molecule has 2 N–H and O–H groups in total. The van der Waals surface area contributed by atoms with E-state index >= 15 is 0 Å². The maximum Gasteiger partial charge on any atom is 0.274 e. The molecular formula is C18H25N3O3S. The van der Waals surface area contributed by atoms with Crippen LogP contribution in [-0.4, -0.2) is 45.5 Å². The Bertz CT molecular complexity index is 789. The Balaban J connectivity index is 2.29. The van der Waals surface area contributed by atoms with Gasteiger partial charge in [-0.3, -0.25) is 9.59 Å². The zero-order valence-corrected chi connectivity index (χ0v) is 15.7. The molecule has 2 rings (SSSR count). The van der Waals surface area contributed by atoms with Crippen LogP contribution in [0.3, 0.4) is 0 Å². The molecule has 0 spiro atoms. The summed E-state index contributed by atoms with van der Waals surface area (Å²) < 4.78 is 1.42. The van der Waals surface area contributed by atoms with Crippen molar-refractivity contribution in [2.24, 2.45) is 0 Å². The van der Waals surface area contributed by atoms with E-state index in [1.165, 1.54) is 4.68 Å². The van der Waals surface area contributed by atoms with Gasteiger partial charge in [0, 0.05) is 5.39 Å². The lowest BCUT2D eigenvalue weighted by Gasteiger charge is -2.17. The van der Waals surface area contributed by atoms with E-state index in [4.69, 9.17) is 0 Å². The standard InChI is InChI=1S/C18H25N3O3S/c1-12(2)21-18(24)15-7-5-4-6-14(15)16(20-21)10-17(23)19-13(11-22)8-9-25-3/h4-7,12-13,22H,8-11H2,1-3H3,(H,19,23)/t13-/m1/s1. The van der Waals surface area contributed by atoms with Crippen molar-refractivity contribution in [1.82, 2.24) is 15.1 Å². The first kappa shape index (κ1) is 19.5. The molecule has 0 radical (unpaired) electrons. The van der Waals surface area contributed by atoms with Gasteiger partial charge in [0.2, 0.25) is 5.91 Å². The molecule has 2 aromatic rings. The monoisotopic (exact) mass is 363 g/mol. The van der Waals surface area contributed by atoms with Gasteiger partial charge in [-0.15, -0.1) is 0 Å². The molecule has 25 heavy (non-hydrogen) atoms. The van der Waals surface area contributed by atoms with Gasteiger partial charge < -0.3 is 10.4 Å². The number of hydrogen-bond acceptors (Lipinski definition) is 5. The van der Waals surface area contributed by atoms with Crippen LogP contribution in [0, 0.1) is 0 Å². The predicted molar refractivity (Wildman–Crippen MR) is 102 cm³/mol. The first-order valence-electron chi connectivity index (χ1n) is 8.37. The van der Waals surface area contributed by atoms with Gasteiger partial charge in [-0.05, 0) is 38.3 Å². The normalized spacial score (nSPS) is 12.5. The third-order valence-electron chi connectivity index (χ3n) is 3.98. The summed E-state index contributed by atoms with van der Waals surface area (Å²) in [5.74, 6) is 0.664. The van der Waals surface area contributed by atoms with Crippen molar-refractivity contribution < 1.29 is 9.90 Å². The van der Waals surface area contributed by atoms with E-state index < -0.39 is 0 Å². The summed E-state index contributed by atoms with van der Waals surface area (Å²) in [6, 6.07) is 6.86. The highest BCUT2D eigenvalue weighted by molar-refractivity contribution is 7.98. The molecule has 0 saturated carbocycles. The lowest BCUT2D eigenvalue weighted by molar-refractivity contribution is -0.121. The smallest absolute Gasteiger partial charge is 0.274 e. The summed E-state index contributed by atoms with van der Waals surface area (Å²) >= 11 is 1.67. The number of nitrogens with one attached hydrogen (secondary N) is 1. The first-order chi connectivity index (χ1) is 12.0. The van der Waals surface area contributed by atoms with Crippen molar-refractivity contribution >= 4 is 28.4 Å². The summed E-state index contributed by atoms with van der Waals surface area (Å²) in [4.78, 5) is 24.9. The molecule has 0 aliphatic heterocycles. The maximum absolute atomic E-state index is 12.5. The van der Waals surface area contributed by atoms with Crippen molar-refractivity contribution in [3.05, 3.63) is 40.3 Å². The second-order valence-electron chi connectivity index (χ2n) is 6.24. The molecule has 1 aromatic heterocycles. The van der Waals surface area contributed by atoms with Gasteiger partial charge in [-0.25, -0.2) is 4.68 Å². The van der Waals surface area contributed by atoms with Crippen LogP contribution in [0.4, 0.5) is 0 Å². The fourth-order valence-corrected chi connectivity index (χ4v) is 3.17. The van der Waals surface area contributed by atoms with Crippen molar-refractivity contribution in [1.29, 1.82) is 0 Å². The van der Waals surface area contributed by atoms with E-state index in [1.54, 1.807) is 17.8 Å². The Kier molecular flexibility index (Phi) is 7.01. The Morgan fingerprint density at radius 1 is 1.32 bits per heavy atom. The number of benzene rings is 1. The summed E-state index contributed by atoms with van der Waals surface area (Å²) in [5, 5.41) is 17.9. The molecule has 0 unspecified atom stereocenters. The molecule has 0 aliphatic carbocycles. The van der Waals surface area contributed by atoms with E-state index in [0.717, 1.165) is 5.75 Å². The van der Waals surface area contributed by atoms with E-state index in [9.17, 15) is 14.7 Å². The lowest BCUT2D eigenvalue weighted by atomic mass is 10.1. The summed E-state index contributed by atoms with van der Waals surface area (Å²) in [6.45, 7) is 3.68. The largest absolute Gasteiger partial charge is 0.394 e. The number of aromatic nitrogens is 2. The second kappa shape index (κ2) is 9.01. The molecule has 1 atom stereocenters. The zero-order chi connectivity index (χ0) is 18.4. The molecule has 6 nitrogen and oxygen atoms in total. The van der Waals surface area contributed by atoms with Crippen LogP contribution in [0.15, 0.2) is 29.1 Å². The molecule has 0 bridgehead atoms. The summed E-state index contributed by atoms with van der Waals surface area (Å²) in [7, 11) is 0. The molecule has 1 amide bonds. The van der Waals surface area contributed by atoms with Gasteiger partial charge in [0.25, 0.3) is 5.56 Å². The van der Waals surface area contributed by atoms with Gasteiger partial charge >= 0.3 is 0 Å². The van der Waals surface area contributed by atoms with Crippen molar-refractivity contribution in [2.45, 2.75) is 38.8 Å². The number of thioether (sulfide) groups is 1. The Hall–Kier alpha value is -1.86. The number of hydrogen-bond donors (Lipinski definition) is 2. The van der Waals surface area contributed by atoms with E-state index in [2.05, 4.69) is 10.4 Å². The molecule has 1 heterocycles. The third kappa shape index (κ3) is 4.83. The first-order valence-corrected chi connectivity index (χ1v) is 9.76. The lowest BCUT2D eigenvalue weighted by Crippen LogP contribution is -2.39. The number of aliphatic hydroxyl groups excluding tert-OH is 1. The number of amides is 1. The predicted octanol–water partition coefficient (Wildman–Crippen LogP) is 1.75. The fraction of sp³-hybridized carbons (Fsp3) is 0.500. The molecule has 0 fully saturated rings. The van der Waals surface area contributed by atoms with Crippen LogP contribution in [-0.2, 0) is 11.2 Å². The number of carbonyl (C=O) groups excluding carboxylic acids is 1. The number of fused-ring (bicyclic) bond motifs is 1. The van der Waals surface area contributed by atoms with Crippen LogP contribution in [0.25, 0.3) is 10.8 Å².